The second-order valence-corrected chi connectivity index (χ2v) is 10.6. The predicted octanol–water partition coefficient (Wildman–Crippen LogP) is 4.54. The molecule has 0 bridgehead atoms. The number of aliphatic hydroxyl groups is 2. The summed E-state index contributed by atoms with van der Waals surface area (Å²) in [5, 5.41) is 24.2. The number of nitrogens with zero attached hydrogens (tertiary/aromatic N) is 1. The van der Waals surface area contributed by atoms with Crippen molar-refractivity contribution in [3.05, 3.63) is 27.7 Å². The molecule has 1 aromatic rings. The Morgan fingerprint density at radius 1 is 1.19 bits per heavy atom. The van der Waals surface area contributed by atoms with Gasteiger partial charge in [-0.1, -0.05) is 39.3 Å². The molecule has 0 radical (unpaired) electrons. The molecule has 2 heterocycles. The van der Waals surface area contributed by atoms with E-state index in [1.54, 1.807) is 20.8 Å². The van der Waals surface area contributed by atoms with Crippen LogP contribution in [0.3, 0.4) is 0 Å². The molecule has 5 atom stereocenters. The zero-order valence-corrected chi connectivity index (χ0v) is 20.4. The molecule has 7 heteroatoms. The van der Waals surface area contributed by atoms with Crippen molar-refractivity contribution in [2.75, 3.05) is 0 Å². The molecule has 1 aliphatic rings. The molecular weight excluding hydrogens is 414 g/mol. The number of carbonyl (C=O) groups is 2. The van der Waals surface area contributed by atoms with Crippen LogP contribution in [0.4, 0.5) is 0 Å². The topological polar surface area (TPSA) is 96.7 Å². The van der Waals surface area contributed by atoms with Gasteiger partial charge in [-0.15, -0.1) is 11.3 Å². The van der Waals surface area contributed by atoms with E-state index < -0.39 is 35.6 Å². The number of allylic oxidation sites excluding steroid dienone is 1. The average Bonchev–Trinajstić information content (AvgIpc) is 3.14. The number of rotatable bonds is 1. The van der Waals surface area contributed by atoms with E-state index in [0.29, 0.717) is 12.1 Å². The Morgan fingerprint density at radius 3 is 2.48 bits per heavy atom. The fourth-order valence-electron chi connectivity index (χ4n) is 4.06. The summed E-state index contributed by atoms with van der Waals surface area (Å²) in [5.41, 5.74) is 0.711. The Bertz CT molecular complexity index is 800. The number of esters is 1. The number of aliphatic hydroxyl groups excluding tert-OH is 2. The van der Waals surface area contributed by atoms with Gasteiger partial charge in [-0.2, -0.15) is 0 Å². The maximum atomic E-state index is 13.1. The van der Waals surface area contributed by atoms with Crippen molar-refractivity contribution < 1.29 is 24.5 Å². The number of cyclic esters (lactones) is 1. The molecule has 0 unspecified atom stereocenters. The minimum absolute atomic E-state index is 0.0386. The number of Topliss-reactive ketones (excluding diaryl/α,β-unsaturated/α-hetero) is 1. The molecule has 0 amide bonds. The second-order valence-electron chi connectivity index (χ2n) is 9.51. The standard InChI is InChI=1S/C24H37NO5S/c1-14-8-7-9-15(2)22(28)16(3)23(29)24(5,6)20(26)12-21(27)30-19(11-10-14)18-13-31-17(4)25-18/h10,13,15-16,19-20,22,26,28H,7-9,11-12H2,1-6H3/b14-10-/t15-,16+,19-,20-,22-/m0/s1. The molecule has 1 aromatic heterocycles. The summed E-state index contributed by atoms with van der Waals surface area (Å²) in [6.07, 6.45) is 2.34. The lowest BCUT2D eigenvalue weighted by atomic mass is 9.73. The molecule has 0 fully saturated rings. The van der Waals surface area contributed by atoms with Crippen molar-refractivity contribution in [3.8, 4) is 0 Å². The molecule has 1 aliphatic heterocycles. The first-order valence-electron chi connectivity index (χ1n) is 11.1. The summed E-state index contributed by atoms with van der Waals surface area (Å²) in [6.45, 7) is 10.9. The van der Waals surface area contributed by atoms with Gasteiger partial charge in [0, 0.05) is 17.7 Å². The summed E-state index contributed by atoms with van der Waals surface area (Å²) in [4.78, 5) is 30.2. The summed E-state index contributed by atoms with van der Waals surface area (Å²) in [5.74, 6) is -1.49. The maximum absolute atomic E-state index is 13.1. The summed E-state index contributed by atoms with van der Waals surface area (Å²) in [6, 6.07) is 0. The molecule has 0 saturated carbocycles. The Kier molecular flexibility index (Phi) is 8.98. The number of ether oxygens (including phenoxy) is 1. The first-order chi connectivity index (χ1) is 14.4. The van der Waals surface area contributed by atoms with Gasteiger partial charge in [-0.3, -0.25) is 9.59 Å². The van der Waals surface area contributed by atoms with E-state index in [1.807, 2.05) is 26.2 Å². The largest absolute Gasteiger partial charge is 0.455 e. The van der Waals surface area contributed by atoms with E-state index >= 15 is 0 Å². The molecule has 0 spiro atoms. The van der Waals surface area contributed by atoms with E-state index in [0.717, 1.165) is 24.3 Å². The van der Waals surface area contributed by atoms with Crippen molar-refractivity contribution in [1.82, 2.24) is 4.98 Å². The first kappa shape index (κ1) is 25.7. The minimum atomic E-state index is -1.21. The summed E-state index contributed by atoms with van der Waals surface area (Å²) in [7, 11) is 0. The Morgan fingerprint density at radius 2 is 1.87 bits per heavy atom. The van der Waals surface area contributed by atoms with Crippen LogP contribution in [0.25, 0.3) is 0 Å². The van der Waals surface area contributed by atoms with Crippen LogP contribution in [0.5, 0.6) is 0 Å². The summed E-state index contributed by atoms with van der Waals surface area (Å²) >= 11 is 1.50. The summed E-state index contributed by atoms with van der Waals surface area (Å²) < 4.78 is 5.70. The highest BCUT2D eigenvalue weighted by Gasteiger charge is 2.42. The highest BCUT2D eigenvalue weighted by Crippen LogP contribution is 2.33. The van der Waals surface area contributed by atoms with Crippen molar-refractivity contribution in [3.63, 3.8) is 0 Å². The van der Waals surface area contributed by atoms with E-state index in [2.05, 4.69) is 11.1 Å². The fraction of sp³-hybridized carbons (Fsp3) is 0.708. The smallest absolute Gasteiger partial charge is 0.309 e. The van der Waals surface area contributed by atoms with Crippen molar-refractivity contribution in [1.29, 1.82) is 0 Å². The monoisotopic (exact) mass is 451 g/mol. The van der Waals surface area contributed by atoms with Crippen LogP contribution < -0.4 is 0 Å². The third-order valence-corrected chi connectivity index (χ3v) is 7.28. The molecule has 6 nitrogen and oxygen atoms in total. The lowest BCUT2D eigenvalue weighted by molar-refractivity contribution is -0.156. The van der Waals surface area contributed by atoms with Crippen molar-refractivity contribution in [2.24, 2.45) is 17.3 Å². The van der Waals surface area contributed by atoms with Gasteiger partial charge >= 0.3 is 5.97 Å². The zero-order chi connectivity index (χ0) is 23.3. The van der Waals surface area contributed by atoms with Gasteiger partial charge in [0.1, 0.15) is 11.9 Å². The lowest BCUT2D eigenvalue weighted by Crippen LogP contribution is -2.45. The zero-order valence-electron chi connectivity index (χ0n) is 19.6. The van der Waals surface area contributed by atoms with Gasteiger partial charge in [0.15, 0.2) is 0 Å². The maximum Gasteiger partial charge on any atom is 0.309 e. The van der Waals surface area contributed by atoms with Gasteiger partial charge in [-0.05, 0) is 39.0 Å². The Balaban J connectivity index is 2.31. The van der Waals surface area contributed by atoms with Crippen LogP contribution in [-0.2, 0) is 14.3 Å². The van der Waals surface area contributed by atoms with Crippen LogP contribution in [0.15, 0.2) is 17.0 Å². The van der Waals surface area contributed by atoms with Gasteiger partial charge in [-0.25, -0.2) is 4.98 Å². The highest BCUT2D eigenvalue weighted by atomic mass is 32.1. The van der Waals surface area contributed by atoms with Gasteiger partial charge in [0.05, 0.1) is 34.7 Å². The normalized spacial score (nSPS) is 33.4. The van der Waals surface area contributed by atoms with E-state index in [9.17, 15) is 19.8 Å². The molecule has 174 valence electrons. The molecule has 2 N–H and O–H groups in total. The number of carbonyl (C=O) groups excluding carboxylic acids is 2. The minimum Gasteiger partial charge on any atom is -0.455 e. The van der Waals surface area contributed by atoms with Crippen molar-refractivity contribution >= 4 is 23.1 Å². The number of hydrogen-bond acceptors (Lipinski definition) is 7. The SMILES string of the molecule is C/C1=C/C[C@@H](c2csc(C)n2)OC(=O)C[C@H](O)C(C)(C)C(=O)[C@H](C)[C@@H](O)[C@@H](C)CCC1. The van der Waals surface area contributed by atoms with Crippen molar-refractivity contribution in [2.45, 2.75) is 92.0 Å². The molecule has 2 rings (SSSR count). The van der Waals surface area contributed by atoms with Crippen LogP contribution >= 0.6 is 11.3 Å². The van der Waals surface area contributed by atoms with Crippen LogP contribution in [0.2, 0.25) is 0 Å². The van der Waals surface area contributed by atoms with Gasteiger partial charge in [0.2, 0.25) is 0 Å². The highest BCUT2D eigenvalue weighted by molar-refractivity contribution is 7.09. The molecule has 0 saturated heterocycles. The second kappa shape index (κ2) is 10.8. The van der Waals surface area contributed by atoms with Crippen LogP contribution in [0.1, 0.15) is 83.5 Å². The number of aryl methyl sites for hydroxylation is 1. The van der Waals surface area contributed by atoms with E-state index in [1.165, 1.54) is 16.9 Å². The molecular formula is C24H37NO5S. The molecule has 0 aliphatic carbocycles. The third kappa shape index (κ3) is 6.70. The van der Waals surface area contributed by atoms with Crippen LogP contribution in [0, 0.1) is 24.2 Å². The number of thiazole rings is 1. The molecule has 31 heavy (non-hydrogen) atoms. The number of hydrogen-bond donors (Lipinski definition) is 2. The molecule has 0 aromatic carbocycles. The lowest BCUT2D eigenvalue weighted by Gasteiger charge is -2.34. The van der Waals surface area contributed by atoms with E-state index in [-0.39, 0.29) is 18.1 Å². The number of ketones is 1. The first-order valence-corrected chi connectivity index (χ1v) is 12.0. The Labute approximate surface area is 189 Å². The quantitative estimate of drug-likeness (QED) is 0.481. The average molecular weight is 452 g/mol. The van der Waals surface area contributed by atoms with E-state index in [4.69, 9.17) is 4.74 Å². The Hall–Kier alpha value is -1.57. The van der Waals surface area contributed by atoms with Crippen LogP contribution in [-0.4, -0.2) is 39.2 Å². The third-order valence-electron chi connectivity index (χ3n) is 6.49. The van der Waals surface area contributed by atoms with Gasteiger partial charge in [0.25, 0.3) is 0 Å². The van der Waals surface area contributed by atoms with Gasteiger partial charge < -0.3 is 14.9 Å². The number of aromatic nitrogens is 1. The fourth-order valence-corrected chi connectivity index (χ4v) is 4.71. The predicted molar refractivity (Wildman–Crippen MR) is 122 cm³/mol.